The largest absolute Gasteiger partial charge is 0.452 e. The molecule has 0 saturated heterocycles. The van der Waals surface area contributed by atoms with Crippen LogP contribution in [-0.4, -0.2) is 10.2 Å². The molecule has 0 atom stereocenters. The molecule has 0 saturated carbocycles. The average Bonchev–Trinajstić information content (AvgIpc) is 2.58. The van der Waals surface area contributed by atoms with E-state index in [4.69, 9.17) is 27.6 Å². The van der Waals surface area contributed by atoms with Gasteiger partial charge in [-0.2, -0.15) is 0 Å². The highest BCUT2D eigenvalue weighted by atomic mass is 35.5. The van der Waals surface area contributed by atoms with E-state index in [2.05, 4.69) is 10.2 Å². The Kier molecular flexibility index (Phi) is 2.04. The summed E-state index contributed by atoms with van der Waals surface area (Å²) in [5.74, 6) is 0. The third-order valence-corrected chi connectivity index (χ3v) is 2.59. The van der Waals surface area contributed by atoms with Crippen molar-refractivity contribution in [3.63, 3.8) is 0 Å². The molecule has 0 aliphatic rings. The van der Waals surface area contributed by atoms with Gasteiger partial charge in [-0.3, -0.25) is 0 Å². The lowest BCUT2D eigenvalue weighted by Gasteiger charge is -1.85. The molecule has 0 unspecified atom stereocenters. The predicted octanol–water partition coefficient (Wildman–Crippen LogP) is 3.10. The van der Waals surface area contributed by atoms with Gasteiger partial charge in [0.1, 0.15) is 0 Å². The summed E-state index contributed by atoms with van der Waals surface area (Å²) >= 11 is 12.6. The zero-order chi connectivity index (χ0) is 8.55. The molecule has 12 heavy (non-hydrogen) atoms. The molecule has 0 N–H and O–H groups in total. The van der Waals surface area contributed by atoms with Crippen LogP contribution in [0.25, 0.3) is 10.6 Å². The van der Waals surface area contributed by atoms with Crippen molar-refractivity contribution in [3.05, 3.63) is 22.0 Å². The third kappa shape index (κ3) is 1.33. The fraction of sp³-hybridized carbons (Fsp3) is 0. The first-order chi connectivity index (χ1) is 5.77. The van der Waals surface area contributed by atoms with Gasteiger partial charge in [0.2, 0.25) is 9.69 Å². The molecule has 62 valence electrons. The van der Waals surface area contributed by atoms with Crippen molar-refractivity contribution in [2.24, 2.45) is 0 Å². The van der Waals surface area contributed by atoms with Gasteiger partial charge in [-0.25, -0.2) is 0 Å². The number of hydrogen-bond acceptors (Lipinski definition) is 4. The number of halogens is 2. The minimum atomic E-state index is 0.308. The van der Waals surface area contributed by atoms with Crippen molar-refractivity contribution in [3.8, 4) is 10.6 Å². The van der Waals surface area contributed by atoms with Gasteiger partial charge in [-0.05, 0) is 29.3 Å². The topological polar surface area (TPSA) is 38.9 Å². The second kappa shape index (κ2) is 3.05. The third-order valence-electron chi connectivity index (χ3n) is 1.25. The van der Waals surface area contributed by atoms with Gasteiger partial charge >= 0.3 is 0 Å². The monoisotopic (exact) mass is 220 g/mol. The lowest BCUT2D eigenvalue weighted by atomic mass is 10.4. The second-order valence-electron chi connectivity index (χ2n) is 1.97. The van der Waals surface area contributed by atoms with E-state index in [0.29, 0.717) is 14.7 Å². The van der Waals surface area contributed by atoms with E-state index in [1.165, 1.54) is 17.6 Å². The first-order valence-electron chi connectivity index (χ1n) is 3.00. The highest BCUT2D eigenvalue weighted by Crippen LogP contribution is 2.32. The van der Waals surface area contributed by atoms with Gasteiger partial charge in [-0.15, -0.1) is 10.2 Å². The quantitative estimate of drug-likeness (QED) is 0.742. The Hall–Kier alpha value is -0.580. The van der Waals surface area contributed by atoms with Crippen LogP contribution in [0.4, 0.5) is 0 Å². The molecule has 0 radical (unpaired) electrons. The molecule has 0 aliphatic heterocycles. The Labute approximate surface area is 81.9 Å². The first-order valence-corrected chi connectivity index (χ1v) is 4.57. The minimum Gasteiger partial charge on any atom is -0.452 e. The Morgan fingerprint density at radius 2 is 2.17 bits per heavy atom. The summed E-state index contributed by atoms with van der Waals surface area (Å²) in [4.78, 5) is 0. The van der Waals surface area contributed by atoms with Crippen molar-refractivity contribution in [1.29, 1.82) is 0 Å². The number of hydrogen-bond donors (Lipinski definition) is 0. The van der Waals surface area contributed by atoms with Gasteiger partial charge in [0.15, 0.2) is 5.01 Å². The zero-order valence-corrected chi connectivity index (χ0v) is 7.95. The van der Waals surface area contributed by atoms with Crippen LogP contribution in [-0.2, 0) is 0 Å². The molecule has 3 nitrogen and oxygen atoms in total. The summed E-state index contributed by atoms with van der Waals surface area (Å²) < 4.78 is 5.28. The van der Waals surface area contributed by atoms with Crippen LogP contribution >= 0.6 is 34.5 Å². The summed E-state index contributed by atoms with van der Waals surface area (Å²) in [7, 11) is 0. The molecule has 2 aromatic rings. The Morgan fingerprint density at radius 3 is 2.67 bits per heavy atom. The maximum Gasteiger partial charge on any atom is 0.207 e. The number of rotatable bonds is 1. The van der Waals surface area contributed by atoms with E-state index in [-0.39, 0.29) is 0 Å². The SMILES string of the molecule is Clc1nnc(-c2ccoc2Cl)s1. The lowest BCUT2D eigenvalue weighted by Crippen LogP contribution is -1.72. The molecule has 6 heteroatoms. The predicted molar refractivity (Wildman–Crippen MR) is 47.6 cm³/mol. The smallest absolute Gasteiger partial charge is 0.207 e. The highest BCUT2D eigenvalue weighted by molar-refractivity contribution is 7.18. The number of furan rings is 1. The number of nitrogens with zero attached hydrogens (tertiary/aromatic N) is 2. The van der Waals surface area contributed by atoms with Crippen molar-refractivity contribution >= 4 is 34.5 Å². The van der Waals surface area contributed by atoms with Crippen molar-refractivity contribution < 1.29 is 4.42 Å². The van der Waals surface area contributed by atoms with Crippen LogP contribution in [0.5, 0.6) is 0 Å². The van der Waals surface area contributed by atoms with Crippen LogP contribution in [0.3, 0.4) is 0 Å². The van der Waals surface area contributed by atoms with Crippen molar-refractivity contribution in [2.75, 3.05) is 0 Å². The Bertz CT molecular complexity index is 398. The molecule has 0 amide bonds. The summed E-state index contributed by atoms with van der Waals surface area (Å²) in [5, 5.41) is 8.43. The molecule has 2 rings (SSSR count). The normalized spacial score (nSPS) is 10.5. The van der Waals surface area contributed by atoms with E-state index in [1.54, 1.807) is 6.07 Å². The zero-order valence-electron chi connectivity index (χ0n) is 5.62. The number of aromatic nitrogens is 2. The fourth-order valence-electron chi connectivity index (χ4n) is 0.760. The van der Waals surface area contributed by atoms with Gasteiger partial charge in [0.25, 0.3) is 0 Å². The summed E-state index contributed by atoms with van der Waals surface area (Å²) in [6.07, 6.45) is 1.49. The van der Waals surface area contributed by atoms with Crippen LogP contribution < -0.4 is 0 Å². The fourth-order valence-corrected chi connectivity index (χ4v) is 1.87. The molecule has 0 aliphatic carbocycles. The second-order valence-corrected chi connectivity index (χ2v) is 3.87. The van der Waals surface area contributed by atoms with Crippen molar-refractivity contribution in [1.82, 2.24) is 10.2 Å². The summed E-state index contributed by atoms with van der Waals surface area (Å²) in [6, 6.07) is 1.72. The molecule has 0 bridgehead atoms. The van der Waals surface area contributed by atoms with Crippen LogP contribution in [0.1, 0.15) is 0 Å². The molecule has 2 aromatic heterocycles. The standard InChI is InChI=1S/C6H2Cl2N2OS/c7-4-3(1-2-11-4)5-9-10-6(8)12-5/h1-2H. The van der Waals surface area contributed by atoms with Crippen molar-refractivity contribution in [2.45, 2.75) is 0 Å². The Morgan fingerprint density at radius 1 is 1.33 bits per heavy atom. The van der Waals surface area contributed by atoms with E-state index in [0.717, 1.165) is 5.56 Å². The average molecular weight is 221 g/mol. The molecule has 0 fully saturated rings. The van der Waals surface area contributed by atoms with Gasteiger partial charge < -0.3 is 4.42 Å². The molecule has 0 aromatic carbocycles. The van der Waals surface area contributed by atoms with Crippen LogP contribution in [0.15, 0.2) is 16.7 Å². The van der Waals surface area contributed by atoms with Gasteiger partial charge in [0, 0.05) is 0 Å². The van der Waals surface area contributed by atoms with Gasteiger partial charge in [0.05, 0.1) is 11.8 Å². The van der Waals surface area contributed by atoms with E-state index >= 15 is 0 Å². The lowest BCUT2D eigenvalue weighted by molar-refractivity contribution is 0.570. The van der Waals surface area contributed by atoms with E-state index < -0.39 is 0 Å². The maximum absolute atomic E-state index is 5.71. The maximum atomic E-state index is 5.71. The highest BCUT2D eigenvalue weighted by Gasteiger charge is 2.10. The van der Waals surface area contributed by atoms with Crippen LogP contribution in [0, 0.1) is 0 Å². The molecular weight excluding hydrogens is 219 g/mol. The minimum absolute atomic E-state index is 0.308. The van der Waals surface area contributed by atoms with Gasteiger partial charge in [-0.1, -0.05) is 11.3 Å². The summed E-state index contributed by atoms with van der Waals surface area (Å²) in [5.41, 5.74) is 0.723. The first kappa shape index (κ1) is 8.04. The summed E-state index contributed by atoms with van der Waals surface area (Å²) in [6.45, 7) is 0. The van der Waals surface area contributed by atoms with Crippen LogP contribution in [0.2, 0.25) is 9.69 Å². The molecule has 2 heterocycles. The van der Waals surface area contributed by atoms with E-state index in [1.807, 2.05) is 0 Å². The van der Waals surface area contributed by atoms with E-state index in [9.17, 15) is 0 Å². The Balaban J connectivity index is 2.50. The molecular formula is C6H2Cl2N2OS. The molecule has 0 spiro atoms.